The van der Waals surface area contributed by atoms with Crippen LogP contribution in [-0.4, -0.2) is 47.8 Å². The van der Waals surface area contributed by atoms with Gasteiger partial charge in [-0.3, -0.25) is 14.4 Å². The molecule has 2 aromatic rings. The Morgan fingerprint density at radius 1 is 1.00 bits per heavy atom. The van der Waals surface area contributed by atoms with Crippen molar-refractivity contribution in [3.8, 4) is 0 Å². The molecule has 0 radical (unpaired) electrons. The van der Waals surface area contributed by atoms with Crippen LogP contribution in [0.1, 0.15) is 43.0 Å². The molecule has 0 bridgehead atoms. The van der Waals surface area contributed by atoms with Gasteiger partial charge in [0.15, 0.2) is 5.78 Å². The van der Waals surface area contributed by atoms with Gasteiger partial charge in [-0.05, 0) is 44.1 Å². The van der Waals surface area contributed by atoms with Gasteiger partial charge in [-0.2, -0.15) is 0 Å². The van der Waals surface area contributed by atoms with E-state index in [1.165, 1.54) is 6.92 Å². The molecule has 2 saturated heterocycles. The van der Waals surface area contributed by atoms with Crippen LogP contribution >= 0.6 is 0 Å². The number of carbonyl (C=O) groups excluding carboxylic acids is 3. The van der Waals surface area contributed by atoms with Crippen molar-refractivity contribution >= 4 is 34.1 Å². The minimum Gasteiger partial charge on any atom is -0.355 e. The summed E-state index contributed by atoms with van der Waals surface area (Å²) in [5.41, 5.74) is 0.975. The molecule has 6 heteroatoms. The van der Waals surface area contributed by atoms with Crippen LogP contribution in [0.25, 0.3) is 10.8 Å². The van der Waals surface area contributed by atoms with Crippen LogP contribution < -0.4 is 5.32 Å². The first kappa shape index (κ1) is 18.6. The number of Topliss-reactive ketones (excluding diaryl/α,β-unsaturated/α-hetero) is 1. The quantitative estimate of drug-likeness (QED) is 0.827. The van der Waals surface area contributed by atoms with Gasteiger partial charge in [0.05, 0.1) is 5.69 Å². The largest absolute Gasteiger partial charge is 0.355 e. The average Bonchev–Trinajstić information content (AvgIpc) is 3.39. The first-order valence-electron chi connectivity index (χ1n) is 9.82. The number of hydrogen-bond donors (Lipinski definition) is 1. The van der Waals surface area contributed by atoms with E-state index < -0.39 is 12.2 Å². The fraction of sp³-hybridized carbons (Fsp3) is 0.409. The van der Waals surface area contributed by atoms with Crippen molar-refractivity contribution in [2.24, 2.45) is 0 Å². The number of carbonyl (C=O) groups is 3. The van der Waals surface area contributed by atoms with Crippen LogP contribution in [0.4, 0.5) is 5.69 Å². The summed E-state index contributed by atoms with van der Waals surface area (Å²) >= 11 is 0. The second-order valence-electron chi connectivity index (χ2n) is 7.48. The van der Waals surface area contributed by atoms with Crippen molar-refractivity contribution in [2.75, 3.05) is 18.4 Å². The van der Waals surface area contributed by atoms with Gasteiger partial charge in [0.25, 0.3) is 11.8 Å². The maximum absolute atomic E-state index is 12.9. The highest BCUT2D eigenvalue weighted by molar-refractivity contribution is 6.13. The lowest BCUT2D eigenvalue weighted by molar-refractivity contribution is -0.144. The molecule has 2 aliphatic heterocycles. The number of fused-ring (bicyclic) bond motifs is 1. The summed E-state index contributed by atoms with van der Waals surface area (Å²) in [6.45, 7) is 3.03. The summed E-state index contributed by atoms with van der Waals surface area (Å²) in [6, 6.07) is 11.2. The summed E-state index contributed by atoms with van der Waals surface area (Å²) in [5, 5.41) is 4.65. The van der Waals surface area contributed by atoms with Crippen LogP contribution in [0.15, 0.2) is 36.4 Å². The Kier molecular flexibility index (Phi) is 5.13. The molecule has 0 aromatic heterocycles. The summed E-state index contributed by atoms with van der Waals surface area (Å²) < 4.78 is 5.79. The molecule has 1 N–H and O–H groups in total. The Labute approximate surface area is 163 Å². The highest BCUT2D eigenvalue weighted by Crippen LogP contribution is 2.30. The Bertz CT molecular complexity index is 933. The van der Waals surface area contributed by atoms with Gasteiger partial charge in [-0.25, -0.2) is 0 Å². The zero-order valence-corrected chi connectivity index (χ0v) is 15.9. The number of anilines is 1. The highest BCUT2D eigenvalue weighted by atomic mass is 16.5. The van der Waals surface area contributed by atoms with Gasteiger partial charge in [0.2, 0.25) is 0 Å². The number of nitrogens with zero attached hydrogens (tertiary/aromatic N) is 1. The lowest BCUT2D eigenvalue weighted by Gasteiger charge is -2.20. The van der Waals surface area contributed by atoms with E-state index in [1.54, 1.807) is 6.07 Å². The predicted octanol–water partition coefficient (Wildman–Crippen LogP) is 3.15. The number of benzene rings is 2. The van der Waals surface area contributed by atoms with E-state index in [0.29, 0.717) is 24.1 Å². The Morgan fingerprint density at radius 3 is 2.46 bits per heavy atom. The van der Waals surface area contributed by atoms with E-state index in [0.717, 1.165) is 36.7 Å². The van der Waals surface area contributed by atoms with E-state index in [9.17, 15) is 14.4 Å². The minimum atomic E-state index is -0.685. The molecule has 28 heavy (non-hydrogen) atoms. The van der Waals surface area contributed by atoms with Crippen molar-refractivity contribution in [1.29, 1.82) is 0 Å². The zero-order valence-electron chi connectivity index (χ0n) is 15.9. The van der Waals surface area contributed by atoms with E-state index in [2.05, 4.69) is 5.32 Å². The molecule has 2 aromatic carbocycles. The number of rotatable bonds is 4. The number of ketones is 1. The monoisotopic (exact) mass is 380 g/mol. The second kappa shape index (κ2) is 7.72. The molecule has 2 aliphatic rings. The van der Waals surface area contributed by atoms with Gasteiger partial charge in [-0.15, -0.1) is 0 Å². The number of likely N-dealkylation sites (tertiary alicyclic amines) is 1. The maximum atomic E-state index is 12.9. The fourth-order valence-corrected chi connectivity index (χ4v) is 4.06. The van der Waals surface area contributed by atoms with Gasteiger partial charge >= 0.3 is 0 Å². The van der Waals surface area contributed by atoms with E-state index in [-0.39, 0.29) is 17.6 Å². The molecule has 0 aliphatic carbocycles. The third kappa shape index (κ3) is 3.52. The Hall–Kier alpha value is -2.73. The predicted molar refractivity (Wildman–Crippen MR) is 106 cm³/mol. The first-order chi connectivity index (χ1) is 13.5. The smallest absolute Gasteiger partial charge is 0.253 e. The normalized spacial score (nSPS) is 21.8. The number of amides is 2. The van der Waals surface area contributed by atoms with Crippen LogP contribution in [0, 0.1) is 0 Å². The molecular formula is C22H24N2O4. The summed E-state index contributed by atoms with van der Waals surface area (Å²) in [4.78, 5) is 39.3. The molecule has 0 saturated carbocycles. The first-order valence-corrected chi connectivity index (χ1v) is 9.82. The van der Waals surface area contributed by atoms with Gasteiger partial charge in [0, 0.05) is 24.0 Å². The molecule has 146 valence electrons. The molecule has 4 rings (SSSR count). The van der Waals surface area contributed by atoms with Crippen molar-refractivity contribution < 1.29 is 19.1 Å². The van der Waals surface area contributed by atoms with Crippen molar-refractivity contribution in [2.45, 2.75) is 44.8 Å². The lowest BCUT2D eigenvalue weighted by Crippen LogP contribution is -2.38. The number of hydrogen-bond acceptors (Lipinski definition) is 4. The minimum absolute atomic E-state index is 0.0117. The molecule has 2 fully saturated rings. The SMILES string of the molecule is CC(=O)c1ccc2ccccc2c1NC(=O)[C@@H]1CC[C@H](C(=O)N2CCCC2)O1. The van der Waals surface area contributed by atoms with Crippen molar-refractivity contribution in [3.63, 3.8) is 0 Å². The van der Waals surface area contributed by atoms with Gasteiger partial charge < -0.3 is 15.0 Å². The summed E-state index contributed by atoms with van der Waals surface area (Å²) in [7, 11) is 0. The Morgan fingerprint density at radius 2 is 1.71 bits per heavy atom. The van der Waals surface area contributed by atoms with Crippen LogP contribution in [-0.2, 0) is 14.3 Å². The van der Waals surface area contributed by atoms with E-state index >= 15 is 0 Å². The molecule has 0 unspecified atom stereocenters. The molecule has 0 spiro atoms. The number of nitrogens with one attached hydrogen (secondary N) is 1. The van der Waals surface area contributed by atoms with Crippen LogP contribution in [0.5, 0.6) is 0 Å². The van der Waals surface area contributed by atoms with Crippen molar-refractivity contribution in [1.82, 2.24) is 4.90 Å². The standard InChI is InChI=1S/C22H24N2O4/c1-14(25)16-9-8-15-6-2-3-7-17(15)20(16)23-21(26)18-10-11-19(28-18)22(27)24-12-4-5-13-24/h2-3,6-9,18-19H,4-5,10-13H2,1H3,(H,23,26)/t18-,19+/m0/s1. The maximum Gasteiger partial charge on any atom is 0.253 e. The molecule has 2 atom stereocenters. The summed E-state index contributed by atoms with van der Waals surface area (Å²) in [6.07, 6.45) is 1.86. The highest BCUT2D eigenvalue weighted by Gasteiger charge is 2.37. The third-order valence-electron chi connectivity index (χ3n) is 5.56. The van der Waals surface area contributed by atoms with Crippen LogP contribution in [0.2, 0.25) is 0 Å². The van der Waals surface area contributed by atoms with E-state index in [1.807, 2.05) is 35.2 Å². The molecule has 6 nitrogen and oxygen atoms in total. The van der Waals surface area contributed by atoms with Crippen molar-refractivity contribution in [3.05, 3.63) is 42.0 Å². The Balaban J connectivity index is 1.52. The number of ether oxygens (including phenoxy) is 1. The van der Waals surface area contributed by atoms with Gasteiger partial charge in [0.1, 0.15) is 12.2 Å². The summed E-state index contributed by atoms with van der Waals surface area (Å²) in [5.74, 6) is -0.437. The second-order valence-corrected chi connectivity index (χ2v) is 7.48. The fourth-order valence-electron chi connectivity index (χ4n) is 4.06. The molecule has 2 heterocycles. The van der Waals surface area contributed by atoms with E-state index in [4.69, 9.17) is 4.74 Å². The third-order valence-corrected chi connectivity index (χ3v) is 5.56. The molecule has 2 amide bonds. The average molecular weight is 380 g/mol. The van der Waals surface area contributed by atoms with Gasteiger partial charge in [-0.1, -0.05) is 30.3 Å². The lowest BCUT2D eigenvalue weighted by atomic mass is 10.0. The molecular weight excluding hydrogens is 356 g/mol. The zero-order chi connectivity index (χ0) is 19.7. The topological polar surface area (TPSA) is 75.7 Å². The van der Waals surface area contributed by atoms with Crippen LogP contribution in [0.3, 0.4) is 0 Å².